The van der Waals surface area contributed by atoms with E-state index in [1.807, 2.05) is 42.5 Å². The summed E-state index contributed by atoms with van der Waals surface area (Å²) in [6, 6.07) is 25.6. The minimum Gasteiger partial charge on any atom is -0.508 e. The van der Waals surface area contributed by atoms with Gasteiger partial charge in [-0.25, -0.2) is 0 Å². The molecule has 0 aliphatic carbocycles. The fraction of sp³-hybridized carbons (Fsp3) is 0.130. The standard InChI is InChI=1S/C23H22N2O/c1-16(24)22(25)14-19-12-13-20(26)15-21(19)23(17-8-4-2-5-9-17)18-10-6-3-7-11-18/h2-13,15,23-26H,14H2,1H3. The lowest BCUT2D eigenvalue weighted by molar-refractivity contribution is 0.474. The van der Waals surface area contributed by atoms with Crippen LogP contribution in [0.5, 0.6) is 5.75 Å². The first-order valence-electron chi connectivity index (χ1n) is 8.61. The molecule has 3 aromatic rings. The van der Waals surface area contributed by atoms with E-state index in [1.165, 1.54) is 0 Å². The van der Waals surface area contributed by atoms with Crippen LogP contribution < -0.4 is 0 Å². The second-order valence-corrected chi connectivity index (χ2v) is 6.42. The topological polar surface area (TPSA) is 67.9 Å². The summed E-state index contributed by atoms with van der Waals surface area (Å²) >= 11 is 0. The van der Waals surface area contributed by atoms with Gasteiger partial charge in [-0.15, -0.1) is 0 Å². The van der Waals surface area contributed by atoms with Crippen LogP contribution in [0.15, 0.2) is 78.9 Å². The van der Waals surface area contributed by atoms with Crippen molar-refractivity contribution in [1.82, 2.24) is 0 Å². The molecule has 3 rings (SSSR count). The molecule has 0 spiro atoms. The molecule has 0 atom stereocenters. The number of aromatic hydroxyl groups is 1. The van der Waals surface area contributed by atoms with Crippen LogP contribution >= 0.6 is 0 Å². The lowest BCUT2D eigenvalue weighted by atomic mass is 9.81. The highest BCUT2D eigenvalue weighted by molar-refractivity contribution is 6.39. The zero-order chi connectivity index (χ0) is 18.5. The molecule has 0 unspecified atom stereocenters. The lowest BCUT2D eigenvalue weighted by Crippen LogP contribution is -2.14. The van der Waals surface area contributed by atoms with E-state index >= 15 is 0 Å². The molecule has 0 saturated carbocycles. The molecular weight excluding hydrogens is 320 g/mol. The highest BCUT2D eigenvalue weighted by Gasteiger charge is 2.21. The maximum absolute atomic E-state index is 10.1. The van der Waals surface area contributed by atoms with Crippen LogP contribution in [0.3, 0.4) is 0 Å². The predicted molar refractivity (Wildman–Crippen MR) is 107 cm³/mol. The largest absolute Gasteiger partial charge is 0.508 e. The van der Waals surface area contributed by atoms with E-state index in [9.17, 15) is 5.11 Å². The van der Waals surface area contributed by atoms with Gasteiger partial charge in [0, 0.05) is 18.1 Å². The van der Waals surface area contributed by atoms with Gasteiger partial charge in [0.2, 0.25) is 0 Å². The molecule has 3 aromatic carbocycles. The summed E-state index contributed by atoms with van der Waals surface area (Å²) in [5, 5.41) is 25.9. The Labute approximate surface area is 154 Å². The van der Waals surface area contributed by atoms with Gasteiger partial charge < -0.3 is 15.9 Å². The van der Waals surface area contributed by atoms with Gasteiger partial charge in [-0.2, -0.15) is 0 Å². The number of rotatable bonds is 6. The Morgan fingerprint density at radius 2 is 1.38 bits per heavy atom. The number of hydrogen-bond donors (Lipinski definition) is 3. The highest BCUT2D eigenvalue weighted by Crippen LogP contribution is 2.35. The van der Waals surface area contributed by atoms with Crippen molar-refractivity contribution in [3.63, 3.8) is 0 Å². The smallest absolute Gasteiger partial charge is 0.115 e. The van der Waals surface area contributed by atoms with Gasteiger partial charge in [0.1, 0.15) is 5.75 Å². The highest BCUT2D eigenvalue weighted by atomic mass is 16.3. The fourth-order valence-corrected chi connectivity index (χ4v) is 3.18. The molecule has 0 radical (unpaired) electrons. The van der Waals surface area contributed by atoms with Gasteiger partial charge in [0.25, 0.3) is 0 Å². The Morgan fingerprint density at radius 1 is 0.846 bits per heavy atom. The summed E-state index contributed by atoms with van der Waals surface area (Å²) in [6.07, 6.45) is 0.376. The molecule has 0 bridgehead atoms. The normalized spacial score (nSPS) is 10.7. The number of benzene rings is 3. The zero-order valence-electron chi connectivity index (χ0n) is 14.7. The third kappa shape index (κ3) is 3.89. The molecule has 3 nitrogen and oxygen atoms in total. The van der Waals surface area contributed by atoms with E-state index in [0.29, 0.717) is 6.42 Å². The van der Waals surface area contributed by atoms with Crippen LogP contribution in [-0.4, -0.2) is 16.5 Å². The van der Waals surface area contributed by atoms with Gasteiger partial charge >= 0.3 is 0 Å². The lowest BCUT2D eigenvalue weighted by Gasteiger charge is -2.22. The van der Waals surface area contributed by atoms with Gasteiger partial charge in [-0.1, -0.05) is 66.7 Å². The molecule has 0 saturated heterocycles. The van der Waals surface area contributed by atoms with Crippen LogP contribution in [0, 0.1) is 10.8 Å². The van der Waals surface area contributed by atoms with E-state index in [4.69, 9.17) is 10.8 Å². The summed E-state index contributed by atoms with van der Waals surface area (Å²) < 4.78 is 0. The number of phenols is 1. The second kappa shape index (κ2) is 7.79. The van der Waals surface area contributed by atoms with E-state index in [0.717, 1.165) is 22.3 Å². The number of hydrogen-bond acceptors (Lipinski definition) is 3. The zero-order valence-corrected chi connectivity index (χ0v) is 14.7. The summed E-state index contributed by atoms with van der Waals surface area (Å²) in [4.78, 5) is 0. The average molecular weight is 342 g/mol. The average Bonchev–Trinajstić information content (AvgIpc) is 2.65. The van der Waals surface area contributed by atoms with Crippen LogP contribution in [0.2, 0.25) is 0 Å². The van der Waals surface area contributed by atoms with Crippen molar-refractivity contribution in [1.29, 1.82) is 10.8 Å². The van der Waals surface area contributed by atoms with Crippen molar-refractivity contribution in [2.24, 2.45) is 0 Å². The number of phenolic OH excluding ortho intramolecular Hbond substituents is 1. The molecular formula is C23H22N2O. The summed E-state index contributed by atoms with van der Waals surface area (Å²) in [7, 11) is 0. The SMILES string of the molecule is CC(=N)C(=N)Cc1ccc(O)cc1C(c1ccccc1)c1ccccc1. The Bertz CT molecular complexity index is 878. The first kappa shape index (κ1) is 17.6. The van der Waals surface area contributed by atoms with Crippen molar-refractivity contribution >= 4 is 11.4 Å². The molecule has 3 heteroatoms. The van der Waals surface area contributed by atoms with Crippen LogP contribution in [0.25, 0.3) is 0 Å². The van der Waals surface area contributed by atoms with E-state index in [2.05, 4.69) is 24.3 Å². The maximum Gasteiger partial charge on any atom is 0.115 e. The Morgan fingerprint density at radius 3 is 1.88 bits per heavy atom. The predicted octanol–water partition coefficient (Wildman–Crippen LogP) is 5.17. The number of nitrogens with one attached hydrogen (secondary N) is 2. The Kier molecular flexibility index (Phi) is 5.28. The summed E-state index contributed by atoms with van der Waals surface area (Å²) in [5.41, 5.74) is 4.73. The molecule has 0 aromatic heterocycles. The van der Waals surface area contributed by atoms with E-state index in [-0.39, 0.29) is 23.1 Å². The van der Waals surface area contributed by atoms with Crippen LogP contribution in [-0.2, 0) is 6.42 Å². The molecule has 26 heavy (non-hydrogen) atoms. The molecule has 0 amide bonds. The second-order valence-electron chi connectivity index (χ2n) is 6.42. The summed E-state index contributed by atoms with van der Waals surface area (Å²) in [5.74, 6) is 0.164. The molecule has 3 N–H and O–H groups in total. The molecule has 0 aliphatic heterocycles. The maximum atomic E-state index is 10.1. The molecule has 0 heterocycles. The minimum absolute atomic E-state index is 0.0432. The van der Waals surface area contributed by atoms with Crippen molar-refractivity contribution in [3.05, 3.63) is 101 Å². The van der Waals surface area contributed by atoms with E-state index in [1.54, 1.807) is 19.1 Å². The quantitative estimate of drug-likeness (QED) is 0.419. The molecule has 0 aliphatic rings. The fourth-order valence-electron chi connectivity index (χ4n) is 3.18. The third-order valence-corrected chi connectivity index (χ3v) is 4.53. The Hall–Kier alpha value is -3.20. The van der Waals surface area contributed by atoms with Gasteiger partial charge in [-0.3, -0.25) is 0 Å². The van der Waals surface area contributed by atoms with Gasteiger partial charge in [-0.05, 0) is 41.3 Å². The Balaban J connectivity index is 2.17. The van der Waals surface area contributed by atoms with Crippen molar-refractivity contribution in [2.45, 2.75) is 19.3 Å². The van der Waals surface area contributed by atoms with Crippen molar-refractivity contribution in [3.8, 4) is 5.75 Å². The summed E-state index contributed by atoms with van der Waals surface area (Å²) in [6.45, 7) is 1.63. The van der Waals surface area contributed by atoms with Gasteiger partial charge in [0.15, 0.2) is 0 Å². The minimum atomic E-state index is -0.0432. The molecule has 130 valence electrons. The van der Waals surface area contributed by atoms with Crippen LogP contribution in [0.4, 0.5) is 0 Å². The van der Waals surface area contributed by atoms with Crippen LogP contribution in [0.1, 0.15) is 35.1 Å². The van der Waals surface area contributed by atoms with Crippen molar-refractivity contribution < 1.29 is 5.11 Å². The monoisotopic (exact) mass is 342 g/mol. The first-order valence-corrected chi connectivity index (χ1v) is 8.61. The molecule has 0 fully saturated rings. The van der Waals surface area contributed by atoms with Gasteiger partial charge in [0.05, 0.1) is 5.71 Å². The van der Waals surface area contributed by atoms with E-state index < -0.39 is 0 Å². The van der Waals surface area contributed by atoms with Crippen molar-refractivity contribution in [2.75, 3.05) is 0 Å². The first-order chi connectivity index (χ1) is 12.6. The third-order valence-electron chi connectivity index (χ3n) is 4.53.